The lowest BCUT2D eigenvalue weighted by molar-refractivity contribution is -0.144. The number of rotatable bonds is 7. The zero-order valence-electron chi connectivity index (χ0n) is 20.1. The molecule has 37 heavy (non-hydrogen) atoms. The Morgan fingerprint density at radius 1 is 1.16 bits per heavy atom. The van der Waals surface area contributed by atoms with Gasteiger partial charge >= 0.3 is 12.1 Å². The van der Waals surface area contributed by atoms with Gasteiger partial charge in [0.05, 0.1) is 29.3 Å². The minimum Gasteiger partial charge on any atom is -0.465 e. The Labute approximate surface area is 211 Å². The Kier molecular flexibility index (Phi) is 7.43. The normalized spacial score (nSPS) is 16.0. The first-order chi connectivity index (χ1) is 17.4. The molecule has 1 aliphatic rings. The van der Waals surface area contributed by atoms with Crippen molar-refractivity contribution in [3.63, 3.8) is 0 Å². The van der Waals surface area contributed by atoms with Crippen molar-refractivity contribution < 1.29 is 35.5 Å². The van der Waals surface area contributed by atoms with Crippen LogP contribution in [-0.4, -0.2) is 42.1 Å². The Bertz CT molecular complexity index is 1400. The second-order valence-electron chi connectivity index (χ2n) is 8.69. The third-order valence-electron chi connectivity index (χ3n) is 6.34. The monoisotopic (exact) mass is 539 g/mol. The van der Waals surface area contributed by atoms with E-state index in [4.69, 9.17) is 4.74 Å². The van der Waals surface area contributed by atoms with E-state index in [1.807, 2.05) is 0 Å². The number of sulfonamides is 1. The summed E-state index contributed by atoms with van der Waals surface area (Å²) in [7, 11) is -3.08. The summed E-state index contributed by atoms with van der Waals surface area (Å²) >= 11 is 0. The number of hydrogen-bond acceptors (Lipinski definition) is 5. The number of benzene rings is 2. The van der Waals surface area contributed by atoms with Gasteiger partial charge in [0.25, 0.3) is 0 Å². The lowest BCUT2D eigenvalue weighted by Gasteiger charge is -2.31. The maximum absolute atomic E-state index is 13.7. The summed E-state index contributed by atoms with van der Waals surface area (Å²) in [6.45, 7) is 1.77. The van der Waals surface area contributed by atoms with Gasteiger partial charge in [0.1, 0.15) is 12.4 Å². The van der Waals surface area contributed by atoms with Gasteiger partial charge in [0.2, 0.25) is 10.0 Å². The van der Waals surface area contributed by atoms with E-state index in [9.17, 15) is 30.8 Å². The van der Waals surface area contributed by atoms with Gasteiger partial charge in [-0.15, -0.1) is 0 Å². The van der Waals surface area contributed by atoms with Crippen LogP contribution in [0.2, 0.25) is 0 Å². The van der Waals surface area contributed by atoms with Gasteiger partial charge in [0.15, 0.2) is 0 Å². The molecule has 12 heteroatoms. The average molecular weight is 540 g/mol. The molecule has 0 radical (unpaired) electrons. The molecule has 0 spiro atoms. The molecule has 7 nitrogen and oxygen atoms in total. The number of carbonyl (C=O) groups is 1. The molecule has 1 aromatic heterocycles. The third kappa shape index (κ3) is 5.54. The molecule has 1 heterocycles. The summed E-state index contributed by atoms with van der Waals surface area (Å²) in [5.74, 6) is -1.05. The average Bonchev–Trinajstić information content (AvgIpc) is 3.26. The molecular weight excluding hydrogens is 514 g/mol. The highest BCUT2D eigenvalue weighted by Crippen LogP contribution is 2.39. The van der Waals surface area contributed by atoms with Gasteiger partial charge in [-0.1, -0.05) is 12.1 Å². The van der Waals surface area contributed by atoms with E-state index in [1.54, 1.807) is 6.92 Å². The number of fused-ring (bicyclic) bond motifs is 1. The molecule has 0 saturated heterocycles. The molecule has 1 unspecified atom stereocenters. The SMILES string of the molecule is CCOC(=O)Cn1ncc2c1CCCC2N(C)S(=O)(=O)c1cc(-c2ccc(F)cc2)cc(C(F)(F)F)c1. The lowest BCUT2D eigenvalue weighted by Crippen LogP contribution is -2.33. The van der Waals surface area contributed by atoms with Crippen LogP contribution in [-0.2, 0) is 38.7 Å². The number of ether oxygens (including phenoxy) is 1. The first-order valence-corrected chi connectivity index (χ1v) is 13.0. The largest absolute Gasteiger partial charge is 0.465 e. The van der Waals surface area contributed by atoms with Crippen LogP contribution in [0.4, 0.5) is 17.6 Å². The summed E-state index contributed by atoms with van der Waals surface area (Å²) in [4.78, 5) is 11.4. The van der Waals surface area contributed by atoms with Crippen LogP contribution in [0.5, 0.6) is 0 Å². The molecule has 198 valence electrons. The molecular formula is C25H25F4N3O4S. The van der Waals surface area contributed by atoms with Crippen molar-refractivity contribution in [3.8, 4) is 11.1 Å². The zero-order valence-corrected chi connectivity index (χ0v) is 20.9. The lowest BCUT2D eigenvalue weighted by atomic mass is 9.93. The fourth-order valence-corrected chi connectivity index (χ4v) is 5.93. The van der Waals surface area contributed by atoms with Crippen LogP contribution in [0.1, 0.15) is 42.6 Å². The smallest absolute Gasteiger partial charge is 0.416 e. The number of hydrogen-bond donors (Lipinski definition) is 0. The molecule has 0 fully saturated rings. The number of carbonyl (C=O) groups excluding carboxylic acids is 1. The Morgan fingerprint density at radius 3 is 2.51 bits per heavy atom. The van der Waals surface area contributed by atoms with E-state index in [1.165, 1.54) is 30.1 Å². The number of esters is 1. The first kappa shape index (κ1) is 26.8. The highest BCUT2D eigenvalue weighted by molar-refractivity contribution is 7.89. The zero-order chi connectivity index (χ0) is 27.0. The van der Waals surface area contributed by atoms with Gasteiger partial charge in [-0.2, -0.15) is 22.6 Å². The van der Waals surface area contributed by atoms with Crippen molar-refractivity contribution in [2.24, 2.45) is 0 Å². The Hall–Kier alpha value is -3.25. The van der Waals surface area contributed by atoms with Crippen molar-refractivity contribution in [1.29, 1.82) is 0 Å². The summed E-state index contributed by atoms with van der Waals surface area (Å²) in [6.07, 6.45) is -1.73. The maximum atomic E-state index is 13.7. The van der Waals surface area contributed by atoms with Crippen molar-refractivity contribution >= 4 is 16.0 Å². The molecule has 4 rings (SSSR count). The third-order valence-corrected chi connectivity index (χ3v) is 8.19. The Morgan fingerprint density at radius 2 is 1.86 bits per heavy atom. The predicted octanol–water partition coefficient (Wildman–Crippen LogP) is 4.97. The van der Waals surface area contributed by atoms with Crippen LogP contribution in [0.25, 0.3) is 11.1 Å². The first-order valence-electron chi connectivity index (χ1n) is 11.6. The number of aromatic nitrogens is 2. The molecule has 1 aliphatic carbocycles. The molecule has 1 atom stereocenters. The van der Waals surface area contributed by atoms with Crippen LogP contribution in [0, 0.1) is 5.82 Å². The second-order valence-corrected chi connectivity index (χ2v) is 10.7. The quantitative estimate of drug-likeness (QED) is 0.313. The van der Waals surface area contributed by atoms with Crippen molar-refractivity contribution in [2.75, 3.05) is 13.7 Å². The molecule has 0 bridgehead atoms. The predicted molar refractivity (Wildman–Crippen MR) is 126 cm³/mol. The van der Waals surface area contributed by atoms with E-state index in [0.717, 1.165) is 28.6 Å². The van der Waals surface area contributed by atoms with E-state index < -0.39 is 44.5 Å². The van der Waals surface area contributed by atoms with E-state index in [0.29, 0.717) is 36.6 Å². The highest BCUT2D eigenvalue weighted by atomic mass is 32.2. The van der Waals surface area contributed by atoms with Gasteiger partial charge < -0.3 is 4.74 Å². The summed E-state index contributed by atoms with van der Waals surface area (Å²) in [5.41, 5.74) is 0.378. The summed E-state index contributed by atoms with van der Waals surface area (Å²) in [6, 6.07) is 6.67. The minimum absolute atomic E-state index is 0.00612. The molecule has 3 aromatic rings. The molecule has 2 aromatic carbocycles. The highest BCUT2D eigenvalue weighted by Gasteiger charge is 2.37. The van der Waals surface area contributed by atoms with Crippen LogP contribution < -0.4 is 0 Å². The number of nitrogens with zero attached hydrogens (tertiary/aromatic N) is 3. The van der Waals surface area contributed by atoms with E-state index >= 15 is 0 Å². The fraction of sp³-hybridized carbons (Fsp3) is 0.360. The van der Waals surface area contributed by atoms with Crippen LogP contribution in [0.15, 0.2) is 53.6 Å². The standard InChI is InChI=1S/C25H25F4N3O4S/c1-3-36-24(33)15-32-23-6-4-5-22(21(23)14-30-32)31(2)37(34,35)20-12-17(11-18(13-20)25(27,28)29)16-7-9-19(26)10-8-16/h7-14,22H,3-6,15H2,1-2H3. The van der Waals surface area contributed by atoms with Gasteiger partial charge in [0, 0.05) is 18.3 Å². The van der Waals surface area contributed by atoms with E-state index in [2.05, 4.69) is 5.10 Å². The fourth-order valence-electron chi connectivity index (χ4n) is 4.49. The number of halogens is 4. The van der Waals surface area contributed by atoms with Crippen molar-refractivity contribution in [2.45, 2.75) is 49.8 Å². The van der Waals surface area contributed by atoms with Crippen LogP contribution in [0.3, 0.4) is 0 Å². The molecule has 0 saturated carbocycles. The maximum Gasteiger partial charge on any atom is 0.416 e. The van der Waals surface area contributed by atoms with Gasteiger partial charge in [-0.25, -0.2) is 12.8 Å². The van der Waals surface area contributed by atoms with Gasteiger partial charge in [-0.3, -0.25) is 9.48 Å². The molecule has 0 aliphatic heterocycles. The molecule has 0 N–H and O–H groups in total. The number of alkyl halides is 3. The van der Waals surface area contributed by atoms with Crippen molar-refractivity contribution in [3.05, 3.63) is 71.3 Å². The minimum atomic E-state index is -4.80. The summed E-state index contributed by atoms with van der Waals surface area (Å²) in [5, 5.41) is 4.23. The van der Waals surface area contributed by atoms with Crippen molar-refractivity contribution in [1.82, 2.24) is 14.1 Å². The van der Waals surface area contributed by atoms with Gasteiger partial charge in [-0.05, 0) is 67.6 Å². The topological polar surface area (TPSA) is 81.5 Å². The summed E-state index contributed by atoms with van der Waals surface area (Å²) < 4.78 is 89.2. The van der Waals surface area contributed by atoms with Crippen LogP contribution >= 0.6 is 0 Å². The Balaban J connectivity index is 1.72. The van der Waals surface area contributed by atoms with E-state index in [-0.39, 0.29) is 24.3 Å². The molecule has 0 amide bonds. The second kappa shape index (κ2) is 10.3.